The Labute approximate surface area is 159 Å². The van der Waals surface area contributed by atoms with Crippen LogP contribution in [0.15, 0.2) is 53.4 Å². The first kappa shape index (κ1) is 18.0. The van der Waals surface area contributed by atoms with Crippen LogP contribution in [0.1, 0.15) is 13.8 Å². The van der Waals surface area contributed by atoms with Crippen LogP contribution in [0.5, 0.6) is 0 Å². The molecule has 0 bridgehead atoms. The Morgan fingerprint density at radius 3 is 2.61 bits per heavy atom. The van der Waals surface area contributed by atoms with Crippen molar-refractivity contribution in [2.75, 3.05) is 0 Å². The zero-order valence-corrected chi connectivity index (χ0v) is 15.3. The molecule has 3 aromatic heterocycles. The molecule has 28 heavy (non-hydrogen) atoms. The lowest BCUT2D eigenvalue weighted by Crippen LogP contribution is -2.07. The van der Waals surface area contributed by atoms with Crippen molar-refractivity contribution in [3.8, 4) is 34.1 Å². The van der Waals surface area contributed by atoms with E-state index in [0.29, 0.717) is 18.0 Å². The maximum Gasteiger partial charge on any atom is 0.262 e. The molecule has 1 aromatic carbocycles. The highest BCUT2D eigenvalue weighted by atomic mass is 19.1. The van der Waals surface area contributed by atoms with Gasteiger partial charge in [0.1, 0.15) is 11.6 Å². The molecule has 0 aliphatic rings. The lowest BCUT2D eigenvalue weighted by atomic mass is 10.1. The third-order valence-corrected chi connectivity index (χ3v) is 4.16. The number of hydrogen-bond donors (Lipinski definition) is 0. The van der Waals surface area contributed by atoms with E-state index in [1.165, 1.54) is 0 Å². The number of hydrogen-bond acceptors (Lipinski definition) is 5. The van der Waals surface area contributed by atoms with Crippen molar-refractivity contribution in [2.45, 2.75) is 20.4 Å². The van der Waals surface area contributed by atoms with E-state index in [1.54, 1.807) is 18.6 Å². The molecule has 0 fully saturated rings. The van der Waals surface area contributed by atoms with Gasteiger partial charge in [-0.25, -0.2) is 8.78 Å². The van der Waals surface area contributed by atoms with Crippen molar-refractivity contribution in [3.63, 3.8) is 0 Å². The van der Waals surface area contributed by atoms with E-state index in [4.69, 9.17) is 4.52 Å². The number of halogens is 2. The third kappa shape index (κ3) is 3.40. The van der Waals surface area contributed by atoms with Gasteiger partial charge in [-0.3, -0.25) is 9.67 Å². The topological polar surface area (TPSA) is 69.6 Å². The number of benzene rings is 1. The fourth-order valence-electron chi connectivity index (χ4n) is 2.95. The van der Waals surface area contributed by atoms with Crippen molar-refractivity contribution < 1.29 is 13.3 Å². The molecule has 0 aliphatic carbocycles. The minimum atomic E-state index is -0.626. The summed E-state index contributed by atoms with van der Waals surface area (Å²) in [5, 5.41) is 8.28. The standard InChI is InChI=1S/C20H17F2N5O/c1-12(2)11-27-18(13-5-7-23-8-6-13)16(10-24-27)20-25-19(26-28-20)15-9-14(21)3-4-17(15)22/h3-10,12H,11H2,1-2H3. The number of nitrogens with zero attached hydrogens (tertiary/aromatic N) is 5. The summed E-state index contributed by atoms with van der Waals surface area (Å²) in [7, 11) is 0. The Kier molecular flexibility index (Phi) is 4.68. The van der Waals surface area contributed by atoms with Crippen LogP contribution in [0.4, 0.5) is 8.78 Å². The summed E-state index contributed by atoms with van der Waals surface area (Å²) < 4.78 is 34.8. The first-order chi connectivity index (χ1) is 13.5. The molecule has 0 amide bonds. The van der Waals surface area contributed by atoms with Gasteiger partial charge < -0.3 is 4.52 Å². The van der Waals surface area contributed by atoms with E-state index >= 15 is 0 Å². The molecule has 4 aromatic rings. The molecule has 0 aliphatic heterocycles. The molecular formula is C20H17F2N5O. The SMILES string of the molecule is CC(C)Cn1ncc(-c2nc(-c3cc(F)ccc3F)no2)c1-c1ccncc1. The van der Waals surface area contributed by atoms with Gasteiger partial charge in [-0.1, -0.05) is 19.0 Å². The predicted octanol–water partition coefficient (Wildman–Crippen LogP) is 4.60. The van der Waals surface area contributed by atoms with Crippen LogP contribution in [0, 0.1) is 17.6 Å². The maximum absolute atomic E-state index is 14.0. The van der Waals surface area contributed by atoms with Crippen molar-refractivity contribution in [1.82, 2.24) is 24.9 Å². The van der Waals surface area contributed by atoms with Crippen LogP contribution >= 0.6 is 0 Å². The van der Waals surface area contributed by atoms with E-state index in [-0.39, 0.29) is 17.3 Å². The van der Waals surface area contributed by atoms with Crippen molar-refractivity contribution in [1.29, 1.82) is 0 Å². The summed E-state index contributed by atoms with van der Waals surface area (Å²) >= 11 is 0. The molecule has 6 nitrogen and oxygen atoms in total. The lowest BCUT2D eigenvalue weighted by Gasteiger charge is -2.10. The van der Waals surface area contributed by atoms with Crippen LogP contribution in [0.2, 0.25) is 0 Å². The first-order valence-electron chi connectivity index (χ1n) is 8.78. The summed E-state index contributed by atoms with van der Waals surface area (Å²) in [6.45, 7) is 4.88. The average Bonchev–Trinajstić information content (AvgIpc) is 3.31. The van der Waals surface area contributed by atoms with E-state index < -0.39 is 11.6 Å². The molecule has 0 N–H and O–H groups in total. The molecule has 4 rings (SSSR count). The zero-order chi connectivity index (χ0) is 19.7. The highest BCUT2D eigenvalue weighted by Gasteiger charge is 2.21. The second-order valence-corrected chi connectivity index (χ2v) is 6.77. The molecule has 142 valence electrons. The molecular weight excluding hydrogens is 364 g/mol. The minimum Gasteiger partial charge on any atom is -0.333 e. The Morgan fingerprint density at radius 2 is 1.86 bits per heavy atom. The van der Waals surface area contributed by atoms with Gasteiger partial charge in [0.15, 0.2) is 0 Å². The number of aromatic nitrogens is 5. The lowest BCUT2D eigenvalue weighted by molar-refractivity contribution is 0.431. The zero-order valence-electron chi connectivity index (χ0n) is 15.3. The molecule has 0 unspecified atom stereocenters. The molecule has 3 heterocycles. The van der Waals surface area contributed by atoms with Crippen LogP contribution in [-0.4, -0.2) is 24.9 Å². The monoisotopic (exact) mass is 381 g/mol. The van der Waals surface area contributed by atoms with Gasteiger partial charge in [0.25, 0.3) is 5.89 Å². The quantitative estimate of drug-likeness (QED) is 0.505. The van der Waals surface area contributed by atoms with Crippen molar-refractivity contribution in [2.24, 2.45) is 5.92 Å². The Bertz CT molecular complexity index is 1100. The van der Waals surface area contributed by atoms with Gasteiger partial charge in [-0.2, -0.15) is 10.1 Å². The summed E-state index contributed by atoms with van der Waals surface area (Å²) in [5.74, 6) is -0.679. The fourth-order valence-corrected chi connectivity index (χ4v) is 2.95. The minimum absolute atomic E-state index is 0.0238. The van der Waals surface area contributed by atoms with Crippen molar-refractivity contribution >= 4 is 0 Å². The molecule has 0 radical (unpaired) electrons. The first-order valence-corrected chi connectivity index (χ1v) is 8.78. The second kappa shape index (κ2) is 7.30. The van der Waals surface area contributed by atoms with Crippen LogP contribution in [0.3, 0.4) is 0 Å². The summed E-state index contributed by atoms with van der Waals surface area (Å²) in [5.41, 5.74) is 2.24. The van der Waals surface area contributed by atoms with Crippen LogP contribution in [-0.2, 0) is 6.54 Å². The number of pyridine rings is 1. The Hall–Kier alpha value is -3.42. The smallest absolute Gasteiger partial charge is 0.262 e. The normalized spacial score (nSPS) is 11.3. The summed E-state index contributed by atoms with van der Waals surface area (Å²) in [6, 6.07) is 6.83. The Morgan fingerprint density at radius 1 is 1.07 bits per heavy atom. The van der Waals surface area contributed by atoms with Gasteiger partial charge in [-0.05, 0) is 36.2 Å². The van der Waals surface area contributed by atoms with E-state index in [1.807, 2.05) is 16.8 Å². The Balaban J connectivity index is 1.81. The summed E-state index contributed by atoms with van der Waals surface area (Å²) in [4.78, 5) is 8.33. The van der Waals surface area contributed by atoms with Crippen molar-refractivity contribution in [3.05, 3.63) is 60.6 Å². The van der Waals surface area contributed by atoms with Crippen LogP contribution in [0.25, 0.3) is 34.1 Å². The van der Waals surface area contributed by atoms with Crippen LogP contribution < -0.4 is 0 Å². The fraction of sp³-hybridized carbons (Fsp3) is 0.200. The van der Waals surface area contributed by atoms with Gasteiger partial charge in [0.2, 0.25) is 5.82 Å². The molecule has 0 saturated heterocycles. The maximum atomic E-state index is 14.0. The highest BCUT2D eigenvalue weighted by molar-refractivity contribution is 5.77. The largest absolute Gasteiger partial charge is 0.333 e. The molecule has 0 spiro atoms. The number of rotatable bonds is 5. The molecule has 0 atom stereocenters. The molecule has 0 saturated carbocycles. The van der Waals surface area contributed by atoms with E-state index in [9.17, 15) is 8.78 Å². The second-order valence-electron chi connectivity index (χ2n) is 6.77. The van der Waals surface area contributed by atoms with Gasteiger partial charge >= 0.3 is 0 Å². The predicted molar refractivity (Wildman–Crippen MR) is 98.9 cm³/mol. The van der Waals surface area contributed by atoms with Gasteiger partial charge in [0, 0.05) is 24.5 Å². The highest BCUT2D eigenvalue weighted by Crippen LogP contribution is 2.33. The van der Waals surface area contributed by atoms with Gasteiger partial charge in [-0.15, -0.1) is 0 Å². The average molecular weight is 381 g/mol. The van der Waals surface area contributed by atoms with Gasteiger partial charge in [0.05, 0.1) is 23.0 Å². The third-order valence-electron chi connectivity index (χ3n) is 4.16. The van der Waals surface area contributed by atoms with E-state index in [0.717, 1.165) is 29.5 Å². The molecule has 8 heteroatoms. The summed E-state index contributed by atoms with van der Waals surface area (Å²) in [6.07, 6.45) is 5.01. The van der Waals surface area contributed by atoms with E-state index in [2.05, 4.69) is 34.1 Å².